The summed E-state index contributed by atoms with van der Waals surface area (Å²) in [7, 11) is 3.84. The fourth-order valence-electron chi connectivity index (χ4n) is 2.90. The molecule has 1 aliphatic rings. The van der Waals surface area contributed by atoms with Crippen molar-refractivity contribution in [2.24, 2.45) is 7.05 Å². The molecule has 0 bridgehead atoms. The van der Waals surface area contributed by atoms with Crippen LogP contribution < -0.4 is 5.32 Å². The molecule has 6 nitrogen and oxygen atoms in total. The first-order valence-corrected chi connectivity index (χ1v) is 7.44. The number of anilines is 1. The van der Waals surface area contributed by atoms with Crippen LogP contribution in [-0.4, -0.2) is 44.8 Å². The van der Waals surface area contributed by atoms with Crippen LogP contribution in [0.25, 0.3) is 0 Å². The van der Waals surface area contributed by atoms with Gasteiger partial charge in [0.15, 0.2) is 0 Å². The van der Waals surface area contributed by atoms with E-state index in [1.807, 2.05) is 31.2 Å². The van der Waals surface area contributed by atoms with Crippen molar-refractivity contribution in [2.45, 2.75) is 25.3 Å². The van der Waals surface area contributed by atoms with Crippen molar-refractivity contribution in [3.8, 4) is 0 Å². The van der Waals surface area contributed by atoms with Gasteiger partial charge in [0.05, 0.1) is 18.1 Å². The molecule has 0 saturated carbocycles. The first-order valence-electron chi connectivity index (χ1n) is 7.44. The number of nitrogens with one attached hydrogen (secondary N) is 1. The molecule has 0 radical (unpaired) electrons. The lowest BCUT2D eigenvalue weighted by Crippen LogP contribution is -2.32. The highest BCUT2D eigenvalue weighted by atomic mass is 15.2. The Labute approximate surface area is 125 Å². The SMILES string of the molecule is CNc1cncc(C2CCN(Cc3cnn(C)c3)CC2)n1. The molecule has 0 atom stereocenters. The Morgan fingerprint density at radius 2 is 2.05 bits per heavy atom. The zero-order chi connectivity index (χ0) is 14.7. The van der Waals surface area contributed by atoms with Gasteiger partial charge in [0.1, 0.15) is 5.82 Å². The third kappa shape index (κ3) is 3.39. The summed E-state index contributed by atoms with van der Waals surface area (Å²) in [4.78, 5) is 11.4. The van der Waals surface area contributed by atoms with E-state index in [1.54, 1.807) is 6.20 Å². The second-order valence-electron chi connectivity index (χ2n) is 5.65. The van der Waals surface area contributed by atoms with Crippen molar-refractivity contribution in [2.75, 3.05) is 25.5 Å². The van der Waals surface area contributed by atoms with Gasteiger partial charge >= 0.3 is 0 Å². The Bertz CT molecular complexity index is 585. The van der Waals surface area contributed by atoms with Gasteiger partial charge in [-0.3, -0.25) is 14.6 Å². The van der Waals surface area contributed by atoms with Gasteiger partial charge in [0.25, 0.3) is 0 Å². The van der Waals surface area contributed by atoms with Gasteiger partial charge in [0, 0.05) is 44.5 Å². The molecule has 21 heavy (non-hydrogen) atoms. The molecule has 2 aromatic heterocycles. The van der Waals surface area contributed by atoms with Crippen LogP contribution in [-0.2, 0) is 13.6 Å². The van der Waals surface area contributed by atoms with Crippen molar-refractivity contribution in [3.05, 3.63) is 36.0 Å². The van der Waals surface area contributed by atoms with E-state index in [-0.39, 0.29) is 0 Å². The maximum absolute atomic E-state index is 4.62. The predicted octanol–water partition coefficient (Wildman–Crippen LogP) is 1.63. The van der Waals surface area contributed by atoms with Crippen molar-refractivity contribution in [1.29, 1.82) is 0 Å². The predicted molar refractivity (Wildman–Crippen MR) is 82.0 cm³/mol. The van der Waals surface area contributed by atoms with E-state index in [2.05, 4.69) is 31.5 Å². The monoisotopic (exact) mass is 286 g/mol. The summed E-state index contributed by atoms with van der Waals surface area (Å²) in [6, 6.07) is 0. The summed E-state index contributed by atoms with van der Waals surface area (Å²) in [6.45, 7) is 3.19. The molecule has 1 aliphatic heterocycles. The maximum atomic E-state index is 4.62. The van der Waals surface area contributed by atoms with E-state index < -0.39 is 0 Å². The number of piperidine rings is 1. The zero-order valence-corrected chi connectivity index (χ0v) is 12.7. The molecule has 3 rings (SSSR count). The average Bonchev–Trinajstić information content (AvgIpc) is 2.93. The minimum atomic E-state index is 0.524. The number of hydrogen-bond donors (Lipinski definition) is 1. The lowest BCUT2D eigenvalue weighted by Gasteiger charge is -2.31. The van der Waals surface area contributed by atoms with Crippen LogP contribution in [0.2, 0.25) is 0 Å². The molecular formula is C15H22N6. The molecule has 0 spiro atoms. The smallest absolute Gasteiger partial charge is 0.144 e. The molecule has 1 fully saturated rings. The number of aryl methyl sites for hydroxylation is 1. The van der Waals surface area contributed by atoms with Crippen LogP contribution in [0.5, 0.6) is 0 Å². The Morgan fingerprint density at radius 1 is 1.24 bits per heavy atom. The zero-order valence-electron chi connectivity index (χ0n) is 12.7. The topological polar surface area (TPSA) is 58.9 Å². The molecule has 2 aromatic rings. The summed E-state index contributed by atoms with van der Waals surface area (Å²) in [5.74, 6) is 1.38. The number of nitrogens with zero attached hydrogens (tertiary/aromatic N) is 5. The van der Waals surface area contributed by atoms with Crippen LogP contribution in [0.15, 0.2) is 24.8 Å². The van der Waals surface area contributed by atoms with Gasteiger partial charge in [-0.25, -0.2) is 4.98 Å². The fraction of sp³-hybridized carbons (Fsp3) is 0.533. The van der Waals surface area contributed by atoms with Gasteiger partial charge in [-0.05, 0) is 25.9 Å². The van der Waals surface area contributed by atoms with Crippen LogP contribution in [0.4, 0.5) is 5.82 Å². The van der Waals surface area contributed by atoms with Gasteiger partial charge in [-0.15, -0.1) is 0 Å². The van der Waals surface area contributed by atoms with E-state index in [1.165, 1.54) is 5.56 Å². The van der Waals surface area contributed by atoms with Crippen molar-refractivity contribution in [1.82, 2.24) is 24.6 Å². The van der Waals surface area contributed by atoms with E-state index in [9.17, 15) is 0 Å². The van der Waals surface area contributed by atoms with E-state index >= 15 is 0 Å². The normalized spacial score (nSPS) is 17.0. The quantitative estimate of drug-likeness (QED) is 0.926. The molecule has 6 heteroatoms. The van der Waals surface area contributed by atoms with Gasteiger partial charge in [-0.2, -0.15) is 5.10 Å². The third-order valence-corrected chi connectivity index (χ3v) is 4.08. The molecule has 1 saturated heterocycles. The van der Waals surface area contributed by atoms with E-state index in [4.69, 9.17) is 0 Å². The Morgan fingerprint density at radius 3 is 2.71 bits per heavy atom. The standard InChI is InChI=1S/C15H22N6/c1-16-15-9-17-8-14(19-15)13-3-5-21(6-4-13)11-12-7-18-20(2)10-12/h7-10,13H,3-6,11H2,1-2H3,(H,16,19). The summed E-state index contributed by atoms with van der Waals surface area (Å²) in [6.07, 6.45) is 10.00. The Kier molecular flexibility index (Phi) is 4.15. The average molecular weight is 286 g/mol. The largest absolute Gasteiger partial charge is 0.372 e. The number of aromatic nitrogens is 4. The highest BCUT2D eigenvalue weighted by Gasteiger charge is 2.22. The Balaban J connectivity index is 1.57. The highest BCUT2D eigenvalue weighted by molar-refractivity contribution is 5.31. The molecule has 1 N–H and O–H groups in total. The number of rotatable bonds is 4. The number of likely N-dealkylation sites (tertiary alicyclic amines) is 1. The molecular weight excluding hydrogens is 264 g/mol. The lowest BCUT2D eigenvalue weighted by atomic mass is 9.93. The van der Waals surface area contributed by atoms with Crippen LogP contribution in [0.3, 0.4) is 0 Å². The molecule has 3 heterocycles. The second-order valence-corrected chi connectivity index (χ2v) is 5.65. The summed E-state index contributed by atoms with van der Waals surface area (Å²) in [5, 5.41) is 7.29. The van der Waals surface area contributed by atoms with Gasteiger partial charge in [-0.1, -0.05) is 0 Å². The lowest BCUT2D eigenvalue weighted by molar-refractivity contribution is 0.203. The fourth-order valence-corrected chi connectivity index (χ4v) is 2.90. The van der Waals surface area contributed by atoms with E-state index in [0.717, 1.165) is 44.0 Å². The van der Waals surface area contributed by atoms with Crippen LogP contribution in [0, 0.1) is 0 Å². The van der Waals surface area contributed by atoms with Crippen molar-refractivity contribution >= 4 is 5.82 Å². The summed E-state index contributed by atoms with van der Waals surface area (Å²) in [5.41, 5.74) is 2.40. The molecule has 0 aromatic carbocycles. The minimum absolute atomic E-state index is 0.524. The molecule has 112 valence electrons. The van der Waals surface area contributed by atoms with Crippen molar-refractivity contribution < 1.29 is 0 Å². The maximum Gasteiger partial charge on any atom is 0.144 e. The van der Waals surface area contributed by atoms with E-state index in [0.29, 0.717) is 5.92 Å². The number of hydrogen-bond acceptors (Lipinski definition) is 5. The molecule has 0 amide bonds. The third-order valence-electron chi connectivity index (χ3n) is 4.08. The van der Waals surface area contributed by atoms with Gasteiger partial charge < -0.3 is 5.32 Å². The second kappa shape index (κ2) is 6.22. The first kappa shape index (κ1) is 14.0. The van der Waals surface area contributed by atoms with Crippen LogP contribution >= 0.6 is 0 Å². The van der Waals surface area contributed by atoms with Crippen LogP contribution in [0.1, 0.15) is 30.0 Å². The molecule has 0 unspecified atom stereocenters. The van der Waals surface area contributed by atoms with Gasteiger partial charge in [0.2, 0.25) is 0 Å². The minimum Gasteiger partial charge on any atom is -0.372 e. The molecule has 0 aliphatic carbocycles. The van der Waals surface area contributed by atoms with Crippen molar-refractivity contribution in [3.63, 3.8) is 0 Å². The summed E-state index contributed by atoms with van der Waals surface area (Å²) >= 11 is 0. The Hall–Kier alpha value is -1.95. The summed E-state index contributed by atoms with van der Waals surface area (Å²) < 4.78 is 1.86. The first-order chi connectivity index (χ1) is 10.2. The highest BCUT2D eigenvalue weighted by Crippen LogP contribution is 2.27.